The second-order valence-corrected chi connectivity index (χ2v) is 19.1. The third-order valence-electron chi connectivity index (χ3n) is 12.1. The first kappa shape index (κ1) is 57.7. The highest BCUT2D eigenvalue weighted by Crippen LogP contribution is 2.44. The summed E-state index contributed by atoms with van der Waals surface area (Å²) < 4.78 is 3.60. The predicted molar refractivity (Wildman–Crippen MR) is 241 cm³/mol. The van der Waals surface area contributed by atoms with Crippen LogP contribution in [0.15, 0.2) is 0 Å². The van der Waals surface area contributed by atoms with E-state index in [2.05, 4.69) is 38.9 Å². The monoisotopic (exact) mass is 825 g/mol. The number of aliphatic hydroxyl groups is 2. The van der Waals surface area contributed by atoms with Crippen LogP contribution in [-0.4, -0.2) is 41.5 Å². The first-order valence-electron chi connectivity index (χ1n) is 23.9. The zero-order chi connectivity index (χ0) is 41.3. The van der Waals surface area contributed by atoms with E-state index in [0.717, 1.165) is 38.5 Å². The van der Waals surface area contributed by atoms with Crippen molar-refractivity contribution < 1.29 is 34.1 Å². The maximum absolute atomic E-state index is 12.1. The zero-order valence-electron chi connectivity index (χ0n) is 37.4. The van der Waals surface area contributed by atoms with Gasteiger partial charge in [-0.25, -0.2) is 4.31 Å². The Morgan fingerprint density at radius 1 is 0.382 bits per heavy atom. The third-order valence-corrected chi connectivity index (χ3v) is 13.3. The maximum Gasteiger partial charge on any atom is 0.334 e. The van der Waals surface area contributed by atoms with Gasteiger partial charge < -0.3 is 29.8 Å². The molecule has 0 fully saturated rings. The van der Waals surface area contributed by atoms with Gasteiger partial charge in [0.2, 0.25) is 0 Å². The zero-order valence-corrected chi connectivity index (χ0v) is 39.2. The van der Waals surface area contributed by atoms with Gasteiger partial charge in [0.15, 0.2) is 0 Å². The van der Waals surface area contributed by atoms with Crippen LogP contribution in [0.2, 0.25) is 0 Å². The Morgan fingerprint density at radius 3 is 0.818 bits per heavy atom. The minimum Gasteiger partial charge on any atom is -0.392 e. The summed E-state index contributed by atoms with van der Waals surface area (Å²) in [5, 5.41) is 23.4. The average Bonchev–Trinajstić information content (AvgIpc) is 3.14. The number of hydrogen-bond donors (Lipinski definition) is 6. The van der Waals surface area contributed by atoms with E-state index in [-0.39, 0.29) is 0 Å². The molecule has 6 N–H and O–H groups in total. The Balaban J connectivity index is 0. The molecule has 0 aliphatic rings. The first-order chi connectivity index (χ1) is 26.5. The highest BCUT2D eigenvalue weighted by atomic mass is 31.2. The van der Waals surface area contributed by atoms with E-state index in [4.69, 9.17) is 19.6 Å². The van der Waals surface area contributed by atoms with Crippen LogP contribution in [0.25, 0.3) is 0 Å². The second kappa shape index (κ2) is 42.7. The van der Waals surface area contributed by atoms with E-state index >= 15 is 0 Å². The van der Waals surface area contributed by atoms with Crippen LogP contribution < -0.4 is 0 Å². The van der Waals surface area contributed by atoms with E-state index in [1.54, 1.807) is 0 Å². The molecule has 0 radical (unpaired) electrons. The number of rotatable bonds is 42. The molecule has 0 heterocycles. The Morgan fingerprint density at radius 2 is 0.600 bits per heavy atom. The van der Waals surface area contributed by atoms with Crippen molar-refractivity contribution in [2.24, 2.45) is 5.41 Å². The molecule has 334 valence electrons. The lowest BCUT2D eigenvalue weighted by Crippen LogP contribution is -2.51. The fourth-order valence-electron chi connectivity index (χ4n) is 8.02. The fourth-order valence-corrected chi connectivity index (χ4v) is 8.55. The molecule has 0 saturated carbocycles. The minimum atomic E-state index is -2.61. The van der Waals surface area contributed by atoms with Crippen molar-refractivity contribution in [2.45, 2.75) is 290 Å². The first-order valence-corrected chi connectivity index (χ1v) is 26.3. The molecule has 0 amide bonds. The van der Waals surface area contributed by atoms with Crippen molar-refractivity contribution in [1.82, 2.24) is 0 Å². The standard InChI is InChI=1S/C46H94O2.H4O5P2/c1-6-9-12-14-16-18-20-22-24-26-28-30-32-34-36-39-42-46(48,45(4,5)44(47)41-38-11-8-3)43-40-37-35-33-31-29-27-25-23-21-19-17-15-13-10-7-2;1-6(2)5-7(3)4/h44,47-48H,6-43H2,1-5H3;1-4H. The normalized spacial score (nSPS) is 12.8. The van der Waals surface area contributed by atoms with E-state index in [9.17, 15) is 10.2 Å². The van der Waals surface area contributed by atoms with Crippen molar-refractivity contribution in [3.05, 3.63) is 0 Å². The van der Waals surface area contributed by atoms with Crippen LogP contribution >= 0.6 is 17.2 Å². The highest BCUT2D eigenvalue weighted by Gasteiger charge is 2.46. The molecule has 1 unspecified atom stereocenters. The molecule has 0 rings (SSSR count). The van der Waals surface area contributed by atoms with Crippen LogP contribution in [0.5, 0.6) is 0 Å². The lowest BCUT2D eigenvalue weighted by molar-refractivity contribution is -0.138. The van der Waals surface area contributed by atoms with Gasteiger partial charge in [0, 0.05) is 5.41 Å². The summed E-state index contributed by atoms with van der Waals surface area (Å²) in [4.78, 5) is 31.3. The molecule has 55 heavy (non-hydrogen) atoms. The van der Waals surface area contributed by atoms with Gasteiger partial charge in [-0.15, -0.1) is 0 Å². The van der Waals surface area contributed by atoms with Crippen molar-refractivity contribution in [2.75, 3.05) is 0 Å². The lowest BCUT2D eigenvalue weighted by Gasteiger charge is -2.46. The van der Waals surface area contributed by atoms with Gasteiger partial charge in [0.05, 0.1) is 11.7 Å². The quantitative estimate of drug-likeness (QED) is 0.0267. The molecular formula is C46H98O7P2. The number of unbranched alkanes of at least 4 members (excludes halogenated alkanes) is 32. The van der Waals surface area contributed by atoms with Crippen molar-refractivity contribution in [3.63, 3.8) is 0 Å². The molecular weight excluding hydrogens is 726 g/mol. The molecule has 0 aromatic rings. The number of hydrogen-bond acceptors (Lipinski definition) is 7. The van der Waals surface area contributed by atoms with Crippen molar-refractivity contribution in [1.29, 1.82) is 0 Å². The third kappa shape index (κ3) is 38.5. The highest BCUT2D eigenvalue weighted by molar-refractivity contribution is 7.53. The molecule has 0 aliphatic heterocycles. The molecule has 0 saturated heterocycles. The van der Waals surface area contributed by atoms with Gasteiger partial charge in [-0.05, 0) is 19.3 Å². The van der Waals surface area contributed by atoms with Crippen molar-refractivity contribution in [3.8, 4) is 0 Å². The average molecular weight is 825 g/mol. The molecule has 0 aromatic carbocycles. The molecule has 7 nitrogen and oxygen atoms in total. The van der Waals surface area contributed by atoms with E-state index in [1.165, 1.54) is 205 Å². The predicted octanol–water partition coefficient (Wildman–Crippen LogP) is 15.4. The van der Waals surface area contributed by atoms with Crippen LogP contribution in [0.1, 0.15) is 279 Å². The van der Waals surface area contributed by atoms with Gasteiger partial charge in [0.25, 0.3) is 0 Å². The molecule has 0 bridgehead atoms. The van der Waals surface area contributed by atoms with E-state index in [0.29, 0.717) is 0 Å². The molecule has 0 aromatic heterocycles. The largest absolute Gasteiger partial charge is 0.392 e. The summed E-state index contributed by atoms with van der Waals surface area (Å²) in [6.45, 7) is 11.1. The summed E-state index contributed by atoms with van der Waals surface area (Å²) in [6, 6.07) is 0. The molecule has 0 aliphatic carbocycles. The smallest absolute Gasteiger partial charge is 0.334 e. The van der Waals surface area contributed by atoms with E-state index < -0.39 is 34.3 Å². The SMILES string of the molecule is CCCCCCCCCCCCCCCCCCC(O)(CCCCCCCCCCCCCCCCCC)C(C)(C)C(O)CCCCC.OP(O)OP(O)O. The molecule has 0 spiro atoms. The molecule has 9 heteroatoms. The Bertz CT molecular complexity index is 699. The van der Waals surface area contributed by atoms with Crippen LogP contribution in [0.3, 0.4) is 0 Å². The minimum absolute atomic E-state index is 0.420. The van der Waals surface area contributed by atoms with E-state index in [1.807, 2.05) is 0 Å². The van der Waals surface area contributed by atoms with Gasteiger partial charge in [0.1, 0.15) is 0 Å². The molecule has 1 atom stereocenters. The summed E-state index contributed by atoms with van der Waals surface area (Å²) >= 11 is 0. The second-order valence-electron chi connectivity index (χ2n) is 17.5. The summed E-state index contributed by atoms with van der Waals surface area (Å²) in [6.07, 6.45) is 49.5. The fraction of sp³-hybridized carbons (Fsp3) is 1.00. The van der Waals surface area contributed by atoms with Crippen LogP contribution in [0, 0.1) is 5.41 Å². The van der Waals surface area contributed by atoms with Gasteiger partial charge in [-0.1, -0.05) is 259 Å². The van der Waals surface area contributed by atoms with Gasteiger partial charge >= 0.3 is 17.2 Å². The summed E-state index contributed by atoms with van der Waals surface area (Å²) in [5.74, 6) is 0. The van der Waals surface area contributed by atoms with Crippen LogP contribution in [0.4, 0.5) is 0 Å². The lowest BCUT2D eigenvalue weighted by atomic mass is 9.65. The maximum atomic E-state index is 12.1. The van der Waals surface area contributed by atoms with Crippen molar-refractivity contribution >= 4 is 17.2 Å². The van der Waals surface area contributed by atoms with Gasteiger partial charge in [-0.2, -0.15) is 0 Å². The van der Waals surface area contributed by atoms with Crippen LogP contribution in [-0.2, 0) is 4.31 Å². The Labute approximate surface area is 346 Å². The Kier molecular flexibility index (Phi) is 44.8. The summed E-state index contributed by atoms with van der Waals surface area (Å²) in [5.41, 5.74) is -1.21. The topological polar surface area (TPSA) is 131 Å². The Hall–Kier alpha value is 0.580. The summed E-state index contributed by atoms with van der Waals surface area (Å²) in [7, 11) is -5.22. The van der Waals surface area contributed by atoms with Gasteiger partial charge in [-0.3, -0.25) is 0 Å². The number of aliphatic hydroxyl groups excluding tert-OH is 1.